The second-order valence-corrected chi connectivity index (χ2v) is 5.62. The highest BCUT2D eigenvalue weighted by molar-refractivity contribution is 7.80. The third-order valence-corrected chi connectivity index (χ3v) is 3.74. The number of nitrogens with one attached hydrogen (secondary N) is 2. The third kappa shape index (κ3) is 5.07. The molecule has 0 radical (unpaired) electrons. The average Bonchev–Trinajstić information content (AvgIpc) is 2.55. The van der Waals surface area contributed by atoms with Crippen LogP contribution in [-0.4, -0.2) is 11.1 Å². The highest BCUT2D eigenvalue weighted by Gasteiger charge is 2.05. The van der Waals surface area contributed by atoms with Crippen LogP contribution in [0.3, 0.4) is 0 Å². The largest absolute Gasteiger partial charge is 0.369 e. The van der Waals surface area contributed by atoms with E-state index in [9.17, 15) is 0 Å². The molecule has 0 saturated carbocycles. The average molecular weight is 326 g/mol. The summed E-state index contributed by atoms with van der Waals surface area (Å²) in [6.45, 7) is 4.78. The summed E-state index contributed by atoms with van der Waals surface area (Å²) >= 11 is 5.22. The monoisotopic (exact) mass is 326 g/mol. The molecule has 0 aromatic heterocycles. The Hall–Kier alpha value is -2.40. The van der Waals surface area contributed by atoms with E-state index in [1.807, 2.05) is 49.4 Å². The van der Waals surface area contributed by atoms with Gasteiger partial charge in [0.05, 0.1) is 0 Å². The van der Waals surface area contributed by atoms with Crippen molar-refractivity contribution in [2.45, 2.75) is 26.8 Å². The van der Waals surface area contributed by atoms with Crippen LogP contribution in [0.5, 0.6) is 0 Å². The van der Waals surface area contributed by atoms with Crippen molar-refractivity contribution < 1.29 is 0 Å². The number of nitrogens with two attached hydrogens (primary N) is 1. The van der Waals surface area contributed by atoms with Crippen molar-refractivity contribution in [2.75, 3.05) is 5.32 Å². The highest BCUT2D eigenvalue weighted by Crippen LogP contribution is 2.20. The molecule has 0 aliphatic carbocycles. The van der Waals surface area contributed by atoms with E-state index in [0.29, 0.717) is 17.6 Å². The maximum atomic E-state index is 5.98. The molecule has 0 amide bonds. The highest BCUT2D eigenvalue weighted by atomic mass is 32.1. The lowest BCUT2D eigenvalue weighted by Gasteiger charge is -2.13. The van der Waals surface area contributed by atoms with Crippen molar-refractivity contribution in [3.63, 3.8) is 0 Å². The first-order valence-corrected chi connectivity index (χ1v) is 8.02. The number of hydrogen-bond donors (Lipinski definition) is 3. The van der Waals surface area contributed by atoms with E-state index in [0.717, 1.165) is 23.2 Å². The summed E-state index contributed by atoms with van der Waals surface area (Å²) in [5, 5.41) is 6.61. The Morgan fingerprint density at radius 3 is 2.57 bits per heavy atom. The summed E-state index contributed by atoms with van der Waals surface area (Å²) in [4.78, 5) is 4.21. The summed E-state index contributed by atoms with van der Waals surface area (Å²) in [7, 11) is 0. The Morgan fingerprint density at radius 2 is 1.87 bits per heavy atom. The van der Waals surface area contributed by atoms with E-state index in [1.165, 1.54) is 5.56 Å². The van der Waals surface area contributed by atoms with Gasteiger partial charge in [0.25, 0.3) is 0 Å². The van der Waals surface area contributed by atoms with E-state index >= 15 is 0 Å². The summed E-state index contributed by atoms with van der Waals surface area (Å²) in [6, 6.07) is 16.2. The van der Waals surface area contributed by atoms with Crippen molar-refractivity contribution in [1.82, 2.24) is 5.32 Å². The van der Waals surface area contributed by atoms with Crippen LogP contribution in [-0.2, 0) is 13.0 Å². The van der Waals surface area contributed by atoms with Gasteiger partial charge in [-0.2, -0.15) is 4.99 Å². The Kier molecular flexibility index (Phi) is 6.11. The molecule has 0 atom stereocenters. The van der Waals surface area contributed by atoms with Crippen molar-refractivity contribution in [3.8, 4) is 0 Å². The van der Waals surface area contributed by atoms with Gasteiger partial charge in [-0.05, 0) is 42.3 Å². The molecule has 0 fully saturated rings. The van der Waals surface area contributed by atoms with Gasteiger partial charge >= 0.3 is 0 Å². The van der Waals surface area contributed by atoms with Gasteiger partial charge < -0.3 is 16.4 Å². The summed E-state index contributed by atoms with van der Waals surface area (Å²) in [5.41, 5.74) is 10.5. The smallest absolute Gasteiger partial charge is 0.200 e. The molecular formula is C18H22N4S. The molecule has 0 aliphatic heterocycles. The molecule has 120 valence electrons. The molecule has 2 aromatic rings. The van der Waals surface area contributed by atoms with Crippen molar-refractivity contribution >= 4 is 29.0 Å². The number of anilines is 1. The summed E-state index contributed by atoms with van der Waals surface area (Å²) in [6.07, 6.45) is 0.925. The Morgan fingerprint density at radius 1 is 1.13 bits per heavy atom. The molecule has 0 unspecified atom stereocenters. The topological polar surface area (TPSA) is 62.4 Å². The van der Waals surface area contributed by atoms with Crippen LogP contribution >= 0.6 is 12.2 Å². The normalized spacial score (nSPS) is 11.1. The van der Waals surface area contributed by atoms with E-state index in [1.54, 1.807) is 0 Å². The van der Waals surface area contributed by atoms with Gasteiger partial charge in [-0.15, -0.1) is 0 Å². The first-order chi connectivity index (χ1) is 11.1. The zero-order valence-corrected chi connectivity index (χ0v) is 14.3. The van der Waals surface area contributed by atoms with Gasteiger partial charge in [-0.3, -0.25) is 0 Å². The van der Waals surface area contributed by atoms with Gasteiger partial charge in [-0.1, -0.05) is 55.5 Å². The van der Waals surface area contributed by atoms with Gasteiger partial charge in [0.2, 0.25) is 5.96 Å². The molecule has 4 N–H and O–H groups in total. The van der Waals surface area contributed by atoms with Crippen LogP contribution in [0, 0.1) is 6.92 Å². The number of nitrogens with zero attached hydrogens (tertiary/aromatic N) is 1. The number of thiocarbonyl (C=S) groups is 1. The SMILES string of the molecule is CCc1cccc(C)c1NC(N)=NC(=S)NCc1ccccc1. The minimum absolute atomic E-state index is 0.291. The Labute approximate surface area is 142 Å². The maximum absolute atomic E-state index is 5.98. The van der Waals surface area contributed by atoms with Crippen molar-refractivity contribution in [2.24, 2.45) is 10.7 Å². The molecule has 4 nitrogen and oxygen atoms in total. The Bertz CT molecular complexity index is 695. The van der Waals surface area contributed by atoms with Crippen LogP contribution in [0.1, 0.15) is 23.6 Å². The van der Waals surface area contributed by atoms with E-state index < -0.39 is 0 Å². The first kappa shape index (κ1) is 17.0. The molecule has 5 heteroatoms. The molecule has 0 bridgehead atoms. The number of rotatable bonds is 4. The Balaban J connectivity index is 1.98. The van der Waals surface area contributed by atoms with Crippen LogP contribution in [0.25, 0.3) is 0 Å². The lowest BCUT2D eigenvalue weighted by Crippen LogP contribution is -2.28. The summed E-state index contributed by atoms with van der Waals surface area (Å²) in [5.74, 6) is 0.291. The number of aryl methyl sites for hydroxylation is 2. The molecular weight excluding hydrogens is 304 g/mol. The number of benzene rings is 2. The lowest BCUT2D eigenvalue weighted by atomic mass is 10.1. The molecule has 0 heterocycles. The predicted octanol–water partition coefficient (Wildman–Crippen LogP) is 3.36. The first-order valence-electron chi connectivity index (χ1n) is 7.61. The number of hydrogen-bond acceptors (Lipinski definition) is 1. The van der Waals surface area contributed by atoms with Crippen LogP contribution in [0.2, 0.25) is 0 Å². The van der Waals surface area contributed by atoms with Crippen LogP contribution in [0.4, 0.5) is 5.69 Å². The van der Waals surface area contributed by atoms with E-state index in [2.05, 4.69) is 28.6 Å². The van der Waals surface area contributed by atoms with Crippen molar-refractivity contribution in [3.05, 3.63) is 65.2 Å². The molecule has 0 spiro atoms. The zero-order valence-electron chi connectivity index (χ0n) is 13.5. The van der Waals surface area contributed by atoms with Crippen molar-refractivity contribution in [1.29, 1.82) is 0 Å². The third-order valence-electron chi connectivity index (χ3n) is 3.50. The van der Waals surface area contributed by atoms with Gasteiger partial charge in [-0.25, -0.2) is 0 Å². The van der Waals surface area contributed by atoms with E-state index in [-0.39, 0.29) is 0 Å². The van der Waals surface area contributed by atoms with Gasteiger partial charge in [0.1, 0.15) is 0 Å². The zero-order chi connectivity index (χ0) is 16.7. The van der Waals surface area contributed by atoms with Crippen LogP contribution < -0.4 is 16.4 Å². The summed E-state index contributed by atoms with van der Waals surface area (Å²) < 4.78 is 0. The minimum Gasteiger partial charge on any atom is -0.369 e. The molecule has 0 saturated heterocycles. The molecule has 2 rings (SSSR count). The van der Waals surface area contributed by atoms with Gasteiger partial charge in [0, 0.05) is 12.2 Å². The molecule has 0 aliphatic rings. The second-order valence-electron chi connectivity index (χ2n) is 5.23. The molecule has 23 heavy (non-hydrogen) atoms. The van der Waals surface area contributed by atoms with Gasteiger partial charge in [0.15, 0.2) is 5.11 Å². The fraction of sp³-hybridized carbons (Fsp3) is 0.222. The fourth-order valence-corrected chi connectivity index (χ4v) is 2.45. The number of aliphatic imine (C=N–C) groups is 1. The minimum atomic E-state index is 0.291. The second kappa shape index (κ2) is 8.29. The quantitative estimate of drug-likeness (QED) is 0.458. The lowest BCUT2D eigenvalue weighted by molar-refractivity contribution is 0.920. The fourth-order valence-electron chi connectivity index (χ4n) is 2.28. The standard InChI is InChI=1S/C18H22N4S/c1-3-15-11-7-8-13(2)16(15)21-17(19)22-18(23)20-12-14-9-5-4-6-10-14/h4-11H,3,12H2,1-2H3,(H4,19,20,21,22,23). The van der Waals surface area contributed by atoms with Crippen LogP contribution in [0.15, 0.2) is 53.5 Å². The predicted molar refractivity (Wildman–Crippen MR) is 102 cm³/mol. The molecule has 2 aromatic carbocycles. The number of para-hydroxylation sites is 1. The maximum Gasteiger partial charge on any atom is 0.200 e. The van der Waals surface area contributed by atoms with E-state index in [4.69, 9.17) is 18.0 Å². The number of guanidine groups is 1.